The van der Waals surface area contributed by atoms with E-state index >= 15 is 0 Å². The van der Waals surface area contributed by atoms with Crippen LogP contribution in [0.3, 0.4) is 0 Å². The van der Waals surface area contributed by atoms with Gasteiger partial charge in [0.25, 0.3) is 0 Å². The predicted octanol–water partition coefficient (Wildman–Crippen LogP) is 3.19. The summed E-state index contributed by atoms with van der Waals surface area (Å²) < 4.78 is 0. The van der Waals surface area contributed by atoms with Crippen molar-refractivity contribution >= 4 is 6.03 Å². The number of likely N-dealkylation sites (tertiary alicyclic amines) is 1. The zero-order valence-corrected chi connectivity index (χ0v) is 12.0. The highest BCUT2D eigenvalue weighted by atomic mass is 16.2. The molecule has 0 spiro atoms. The van der Waals surface area contributed by atoms with Gasteiger partial charge in [-0.2, -0.15) is 0 Å². The normalized spacial score (nSPS) is 19.3. The van der Waals surface area contributed by atoms with Gasteiger partial charge in [0, 0.05) is 19.6 Å². The molecule has 104 valence electrons. The van der Waals surface area contributed by atoms with Crippen LogP contribution in [0.15, 0.2) is 24.3 Å². The van der Waals surface area contributed by atoms with E-state index in [1.807, 2.05) is 11.0 Å². The van der Waals surface area contributed by atoms with Gasteiger partial charge in [-0.15, -0.1) is 0 Å². The average Bonchev–Trinajstić information content (AvgIpc) is 2.45. The van der Waals surface area contributed by atoms with Crippen LogP contribution in [0.4, 0.5) is 4.79 Å². The Kier molecular flexibility index (Phi) is 4.83. The predicted molar refractivity (Wildman–Crippen MR) is 78.0 cm³/mol. The quantitative estimate of drug-likeness (QED) is 0.889. The van der Waals surface area contributed by atoms with Crippen LogP contribution in [0.1, 0.15) is 37.8 Å². The minimum atomic E-state index is 0.0810. The smallest absolute Gasteiger partial charge is 0.317 e. The van der Waals surface area contributed by atoms with Gasteiger partial charge in [-0.1, -0.05) is 38.1 Å². The molecule has 3 heteroatoms. The Hall–Kier alpha value is -1.51. The van der Waals surface area contributed by atoms with Crippen molar-refractivity contribution in [3.05, 3.63) is 35.4 Å². The molecule has 1 unspecified atom stereocenters. The number of amides is 2. The van der Waals surface area contributed by atoms with E-state index in [4.69, 9.17) is 0 Å². The summed E-state index contributed by atoms with van der Waals surface area (Å²) in [6.07, 6.45) is 3.37. The molecule has 0 radical (unpaired) electrons. The second kappa shape index (κ2) is 6.60. The third-order valence-corrected chi connectivity index (χ3v) is 3.87. The maximum absolute atomic E-state index is 12.1. The third kappa shape index (κ3) is 3.72. The summed E-state index contributed by atoms with van der Waals surface area (Å²) in [5, 5.41) is 3.05. The number of hydrogen-bond donors (Lipinski definition) is 1. The second-order valence-corrected chi connectivity index (χ2v) is 5.47. The fourth-order valence-electron chi connectivity index (χ4n) is 2.73. The Morgan fingerprint density at radius 3 is 2.79 bits per heavy atom. The minimum Gasteiger partial charge on any atom is -0.334 e. The Morgan fingerprint density at radius 2 is 2.11 bits per heavy atom. The molecule has 19 heavy (non-hydrogen) atoms. The average molecular weight is 260 g/mol. The first kappa shape index (κ1) is 13.9. The lowest BCUT2D eigenvalue weighted by Gasteiger charge is -2.31. The molecule has 1 heterocycles. The van der Waals surface area contributed by atoms with Crippen LogP contribution in [0.2, 0.25) is 0 Å². The maximum atomic E-state index is 12.1. The van der Waals surface area contributed by atoms with Gasteiger partial charge in [-0.25, -0.2) is 4.79 Å². The Morgan fingerprint density at radius 1 is 1.37 bits per heavy atom. The largest absolute Gasteiger partial charge is 0.334 e. The molecule has 1 aromatic carbocycles. The lowest BCUT2D eigenvalue weighted by molar-refractivity contribution is 0.169. The number of benzene rings is 1. The van der Waals surface area contributed by atoms with Gasteiger partial charge in [0.15, 0.2) is 0 Å². The summed E-state index contributed by atoms with van der Waals surface area (Å²) >= 11 is 0. The highest BCUT2D eigenvalue weighted by Crippen LogP contribution is 2.15. The highest BCUT2D eigenvalue weighted by Gasteiger charge is 2.20. The fourth-order valence-corrected chi connectivity index (χ4v) is 2.73. The van der Waals surface area contributed by atoms with Crippen LogP contribution in [-0.4, -0.2) is 24.0 Å². The molecule has 1 saturated heterocycles. The number of piperidine rings is 1. The van der Waals surface area contributed by atoms with Crippen LogP contribution in [0.5, 0.6) is 0 Å². The summed E-state index contributed by atoms with van der Waals surface area (Å²) in [6.45, 7) is 6.78. The Bertz CT molecular complexity index is 431. The first-order valence-corrected chi connectivity index (χ1v) is 7.30. The lowest BCUT2D eigenvalue weighted by Crippen LogP contribution is -2.44. The van der Waals surface area contributed by atoms with Gasteiger partial charge in [-0.05, 0) is 36.3 Å². The van der Waals surface area contributed by atoms with Gasteiger partial charge < -0.3 is 10.2 Å². The van der Waals surface area contributed by atoms with E-state index in [0.717, 1.165) is 25.9 Å². The SMILES string of the molecule is CCc1ccccc1CNC(=O)N1CCCC(C)C1. The summed E-state index contributed by atoms with van der Waals surface area (Å²) in [5.41, 5.74) is 2.54. The summed E-state index contributed by atoms with van der Waals surface area (Å²) in [7, 11) is 0. The fraction of sp³-hybridized carbons (Fsp3) is 0.562. The molecule has 3 nitrogen and oxygen atoms in total. The molecule has 0 saturated carbocycles. The van der Waals surface area contributed by atoms with Crippen molar-refractivity contribution in [2.75, 3.05) is 13.1 Å². The van der Waals surface area contributed by atoms with E-state index in [0.29, 0.717) is 12.5 Å². The van der Waals surface area contributed by atoms with Gasteiger partial charge >= 0.3 is 6.03 Å². The van der Waals surface area contributed by atoms with Crippen molar-refractivity contribution in [3.63, 3.8) is 0 Å². The standard InChI is InChI=1S/C16H24N2O/c1-3-14-8-4-5-9-15(14)11-17-16(19)18-10-6-7-13(2)12-18/h4-5,8-9,13H,3,6-7,10-12H2,1-2H3,(H,17,19). The van der Waals surface area contributed by atoms with Crippen molar-refractivity contribution in [1.82, 2.24) is 10.2 Å². The van der Waals surface area contributed by atoms with Crippen molar-refractivity contribution in [2.45, 2.75) is 39.7 Å². The van der Waals surface area contributed by atoms with Crippen molar-refractivity contribution in [1.29, 1.82) is 0 Å². The van der Waals surface area contributed by atoms with Crippen molar-refractivity contribution in [3.8, 4) is 0 Å². The molecule has 1 aliphatic heterocycles. The second-order valence-electron chi connectivity index (χ2n) is 5.47. The molecule has 0 aliphatic carbocycles. The molecule has 1 aliphatic rings. The number of hydrogen-bond acceptors (Lipinski definition) is 1. The molecule has 1 N–H and O–H groups in total. The first-order valence-electron chi connectivity index (χ1n) is 7.30. The Labute approximate surface area is 116 Å². The lowest BCUT2D eigenvalue weighted by atomic mass is 10.0. The van der Waals surface area contributed by atoms with E-state index in [9.17, 15) is 4.79 Å². The van der Waals surface area contributed by atoms with Crippen LogP contribution in [0.25, 0.3) is 0 Å². The topological polar surface area (TPSA) is 32.3 Å². The van der Waals surface area contributed by atoms with Crippen molar-refractivity contribution in [2.24, 2.45) is 5.92 Å². The van der Waals surface area contributed by atoms with Gasteiger partial charge in [0.2, 0.25) is 0 Å². The first-order chi connectivity index (χ1) is 9.20. The number of aryl methyl sites for hydroxylation is 1. The zero-order chi connectivity index (χ0) is 13.7. The molecule has 2 rings (SSSR count). The van der Waals surface area contributed by atoms with Crippen molar-refractivity contribution < 1.29 is 4.79 Å². The molecule has 2 amide bonds. The minimum absolute atomic E-state index is 0.0810. The molecule has 0 bridgehead atoms. The van der Waals surface area contributed by atoms with E-state index in [2.05, 4.69) is 37.4 Å². The maximum Gasteiger partial charge on any atom is 0.317 e. The number of carbonyl (C=O) groups is 1. The molecule has 0 aromatic heterocycles. The monoisotopic (exact) mass is 260 g/mol. The van der Waals surface area contributed by atoms with E-state index < -0.39 is 0 Å². The number of nitrogens with one attached hydrogen (secondary N) is 1. The van der Waals surface area contributed by atoms with Gasteiger partial charge in [-0.3, -0.25) is 0 Å². The van der Waals surface area contributed by atoms with Crippen LogP contribution >= 0.6 is 0 Å². The molecular weight excluding hydrogens is 236 g/mol. The summed E-state index contributed by atoms with van der Waals surface area (Å²) in [4.78, 5) is 14.1. The van der Waals surface area contributed by atoms with Crippen LogP contribution < -0.4 is 5.32 Å². The summed E-state index contributed by atoms with van der Waals surface area (Å²) in [5.74, 6) is 0.627. The third-order valence-electron chi connectivity index (χ3n) is 3.87. The Balaban J connectivity index is 1.89. The van der Waals surface area contributed by atoms with Crippen LogP contribution in [-0.2, 0) is 13.0 Å². The molecule has 1 atom stereocenters. The molecule has 1 aromatic rings. The molecule has 1 fully saturated rings. The van der Waals surface area contributed by atoms with E-state index in [-0.39, 0.29) is 6.03 Å². The number of rotatable bonds is 3. The van der Waals surface area contributed by atoms with Crippen LogP contribution in [0, 0.1) is 5.92 Å². The van der Waals surface area contributed by atoms with Gasteiger partial charge in [0.05, 0.1) is 0 Å². The number of carbonyl (C=O) groups excluding carboxylic acids is 1. The number of urea groups is 1. The highest BCUT2D eigenvalue weighted by molar-refractivity contribution is 5.74. The molecular formula is C16H24N2O. The van der Waals surface area contributed by atoms with E-state index in [1.165, 1.54) is 17.5 Å². The summed E-state index contributed by atoms with van der Waals surface area (Å²) in [6, 6.07) is 8.39. The van der Waals surface area contributed by atoms with E-state index in [1.54, 1.807) is 0 Å². The van der Waals surface area contributed by atoms with Gasteiger partial charge in [0.1, 0.15) is 0 Å². The zero-order valence-electron chi connectivity index (χ0n) is 12.0. The number of nitrogens with zero attached hydrogens (tertiary/aromatic N) is 1.